The van der Waals surface area contributed by atoms with Gasteiger partial charge in [0.2, 0.25) is 5.91 Å². The number of hydrogen-bond acceptors (Lipinski definition) is 3. The van der Waals surface area contributed by atoms with Gasteiger partial charge in [-0.3, -0.25) is 4.79 Å². The van der Waals surface area contributed by atoms with Crippen LogP contribution in [0.5, 0.6) is 5.75 Å². The van der Waals surface area contributed by atoms with E-state index in [1.54, 1.807) is 0 Å². The smallest absolute Gasteiger partial charge is 0.222 e. The van der Waals surface area contributed by atoms with Crippen LogP contribution in [-0.4, -0.2) is 18.6 Å². The fourth-order valence-electron chi connectivity index (χ4n) is 1.92. The molecule has 0 saturated carbocycles. The normalized spacial score (nSPS) is 19.3. The van der Waals surface area contributed by atoms with Crippen molar-refractivity contribution in [3.8, 4) is 5.75 Å². The number of carbonyl (C=O) groups excluding carboxylic acids is 1. The predicted molar refractivity (Wildman–Crippen MR) is 65.7 cm³/mol. The molecule has 0 radical (unpaired) electrons. The molecule has 2 unspecified atom stereocenters. The van der Waals surface area contributed by atoms with Crippen LogP contribution in [0.15, 0.2) is 24.3 Å². The summed E-state index contributed by atoms with van der Waals surface area (Å²) in [6.07, 6.45) is 1.18. The van der Waals surface area contributed by atoms with Gasteiger partial charge in [0, 0.05) is 18.0 Å². The molecule has 1 aromatic carbocycles. The molecule has 1 amide bonds. The summed E-state index contributed by atoms with van der Waals surface area (Å²) in [6.45, 7) is 2.48. The largest absolute Gasteiger partial charge is 0.491 e. The van der Waals surface area contributed by atoms with E-state index in [2.05, 4.69) is 5.32 Å². The predicted octanol–water partition coefficient (Wildman–Crippen LogP) is 1.36. The van der Waals surface area contributed by atoms with Gasteiger partial charge in [0.15, 0.2) is 0 Å². The van der Waals surface area contributed by atoms with Crippen molar-refractivity contribution in [3.63, 3.8) is 0 Å². The quantitative estimate of drug-likeness (QED) is 0.826. The zero-order chi connectivity index (χ0) is 12.3. The lowest BCUT2D eigenvalue weighted by Gasteiger charge is -2.13. The van der Waals surface area contributed by atoms with Gasteiger partial charge in [-0.25, -0.2) is 0 Å². The summed E-state index contributed by atoms with van der Waals surface area (Å²) in [7, 11) is 0. The van der Waals surface area contributed by atoms with E-state index in [0.29, 0.717) is 13.0 Å². The molecule has 0 saturated heterocycles. The first-order chi connectivity index (χ1) is 8.20. The van der Waals surface area contributed by atoms with Crippen molar-refractivity contribution in [2.75, 3.05) is 6.61 Å². The summed E-state index contributed by atoms with van der Waals surface area (Å²) in [6, 6.07) is 7.67. The third-order valence-electron chi connectivity index (χ3n) is 3.01. The number of para-hydroxylation sites is 1. The maximum atomic E-state index is 11.7. The number of ether oxygens (including phenoxy) is 1. The van der Waals surface area contributed by atoms with Gasteiger partial charge >= 0.3 is 0 Å². The van der Waals surface area contributed by atoms with Crippen LogP contribution >= 0.6 is 0 Å². The van der Waals surface area contributed by atoms with Gasteiger partial charge in [0.05, 0.1) is 6.04 Å². The topological polar surface area (TPSA) is 64.4 Å². The Morgan fingerprint density at radius 1 is 1.59 bits per heavy atom. The summed E-state index contributed by atoms with van der Waals surface area (Å²) in [5, 5.41) is 2.96. The Morgan fingerprint density at radius 2 is 2.35 bits per heavy atom. The fraction of sp³-hybridized carbons (Fsp3) is 0.462. The number of nitrogens with one attached hydrogen (secondary N) is 1. The Kier molecular flexibility index (Phi) is 3.64. The highest BCUT2D eigenvalue weighted by Gasteiger charge is 2.25. The molecule has 4 heteroatoms. The van der Waals surface area contributed by atoms with Crippen molar-refractivity contribution in [1.82, 2.24) is 5.32 Å². The first-order valence-corrected chi connectivity index (χ1v) is 5.97. The Morgan fingerprint density at radius 3 is 3.12 bits per heavy atom. The van der Waals surface area contributed by atoms with Crippen molar-refractivity contribution >= 4 is 5.91 Å². The number of hydrogen-bond donors (Lipinski definition) is 2. The van der Waals surface area contributed by atoms with Gasteiger partial charge in [0.25, 0.3) is 0 Å². The zero-order valence-electron chi connectivity index (χ0n) is 9.98. The number of amides is 1. The van der Waals surface area contributed by atoms with Crippen LogP contribution < -0.4 is 15.8 Å². The minimum atomic E-state index is -0.0624. The highest BCUT2D eigenvalue weighted by Crippen LogP contribution is 2.31. The van der Waals surface area contributed by atoms with E-state index in [1.165, 1.54) is 0 Å². The van der Waals surface area contributed by atoms with E-state index in [0.717, 1.165) is 17.7 Å². The zero-order valence-corrected chi connectivity index (χ0v) is 9.98. The molecular weight excluding hydrogens is 216 g/mol. The van der Waals surface area contributed by atoms with Crippen molar-refractivity contribution < 1.29 is 9.53 Å². The second-order valence-corrected chi connectivity index (χ2v) is 4.34. The lowest BCUT2D eigenvalue weighted by molar-refractivity contribution is -0.122. The molecule has 0 fully saturated rings. The van der Waals surface area contributed by atoms with Crippen molar-refractivity contribution in [3.05, 3.63) is 29.8 Å². The van der Waals surface area contributed by atoms with Crippen LogP contribution in [0.4, 0.5) is 0 Å². The van der Waals surface area contributed by atoms with Gasteiger partial charge in [0.1, 0.15) is 12.4 Å². The van der Waals surface area contributed by atoms with Crippen LogP contribution in [0.25, 0.3) is 0 Å². The lowest BCUT2D eigenvalue weighted by atomic mass is 10.1. The molecule has 1 aliphatic rings. The average molecular weight is 234 g/mol. The van der Waals surface area contributed by atoms with Gasteiger partial charge in [-0.2, -0.15) is 0 Å². The van der Waals surface area contributed by atoms with E-state index in [4.69, 9.17) is 10.5 Å². The minimum Gasteiger partial charge on any atom is -0.491 e. The van der Waals surface area contributed by atoms with Gasteiger partial charge in [-0.15, -0.1) is 0 Å². The minimum absolute atomic E-state index is 0.00958. The third kappa shape index (κ3) is 2.77. The van der Waals surface area contributed by atoms with Crippen LogP contribution in [0, 0.1) is 0 Å². The number of benzene rings is 1. The third-order valence-corrected chi connectivity index (χ3v) is 3.01. The van der Waals surface area contributed by atoms with Crippen LogP contribution in [-0.2, 0) is 4.79 Å². The van der Waals surface area contributed by atoms with Crippen molar-refractivity contribution in [2.24, 2.45) is 5.73 Å². The van der Waals surface area contributed by atoms with Crippen molar-refractivity contribution in [1.29, 1.82) is 0 Å². The van der Waals surface area contributed by atoms with Crippen LogP contribution in [0.1, 0.15) is 31.4 Å². The first-order valence-electron chi connectivity index (χ1n) is 5.97. The molecule has 4 nitrogen and oxygen atoms in total. The Bertz CT molecular complexity index is 406. The maximum Gasteiger partial charge on any atom is 0.222 e. The summed E-state index contributed by atoms with van der Waals surface area (Å²) in [5.74, 6) is 0.849. The molecular formula is C13H18N2O2. The van der Waals surface area contributed by atoms with Gasteiger partial charge in [-0.1, -0.05) is 25.1 Å². The highest BCUT2D eigenvalue weighted by atomic mass is 16.5. The molecule has 0 aromatic heterocycles. The Labute approximate surface area is 101 Å². The lowest BCUT2D eigenvalue weighted by Crippen LogP contribution is -2.34. The fourth-order valence-corrected chi connectivity index (χ4v) is 1.92. The molecule has 1 heterocycles. The van der Waals surface area contributed by atoms with E-state index in [1.807, 2.05) is 31.2 Å². The van der Waals surface area contributed by atoms with Crippen molar-refractivity contribution in [2.45, 2.75) is 31.8 Å². The monoisotopic (exact) mass is 234 g/mol. The first kappa shape index (κ1) is 11.9. The number of rotatable bonds is 4. The van der Waals surface area contributed by atoms with E-state index >= 15 is 0 Å². The summed E-state index contributed by atoms with van der Waals surface area (Å²) < 4.78 is 5.50. The summed E-state index contributed by atoms with van der Waals surface area (Å²) in [5.41, 5.74) is 6.80. The van der Waals surface area contributed by atoms with E-state index in [9.17, 15) is 4.79 Å². The number of nitrogens with two attached hydrogens (primary N) is 1. The van der Waals surface area contributed by atoms with Crippen LogP contribution in [0.3, 0.4) is 0 Å². The average Bonchev–Trinajstić information content (AvgIpc) is 2.72. The van der Waals surface area contributed by atoms with Crippen LogP contribution in [0.2, 0.25) is 0 Å². The standard InChI is InChI=1S/C13H18N2O2/c1-2-9(14)7-13(16)15-11-8-17-12-6-4-3-5-10(11)12/h3-6,9,11H,2,7-8,14H2,1H3,(H,15,16). The molecule has 92 valence electrons. The second kappa shape index (κ2) is 5.19. The maximum absolute atomic E-state index is 11.7. The Hall–Kier alpha value is -1.55. The molecule has 3 N–H and O–H groups in total. The molecule has 17 heavy (non-hydrogen) atoms. The molecule has 1 aliphatic heterocycles. The second-order valence-electron chi connectivity index (χ2n) is 4.34. The number of fused-ring (bicyclic) bond motifs is 1. The molecule has 0 bridgehead atoms. The van der Waals surface area contributed by atoms with E-state index in [-0.39, 0.29) is 18.0 Å². The highest BCUT2D eigenvalue weighted by molar-refractivity contribution is 5.77. The molecule has 2 rings (SSSR count). The van der Waals surface area contributed by atoms with Gasteiger partial charge in [-0.05, 0) is 12.5 Å². The number of carbonyl (C=O) groups is 1. The SMILES string of the molecule is CCC(N)CC(=O)NC1COc2ccccc21. The van der Waals surface area contributed by atoms with Gasteiger partial charge < -0.3 is 15.8 Å². The molecule has 0 spiro atoms. The summed E-state index contributed by atoms with van der Waals surface area (Å²) in [4.78, 5) is 11.7. The molecule has 1 aromatic rings. The van der Waals surface area contributed by atoms with E-state index < -0.39 is 0 Å². The summed E-state index contributed by atoms with van der Waals surface area (Å²) >= 11 is 0. The molecule has 0 aliphatic carbocycles. The Balaban J connectivity index is 1.95. The molecule has 2 atom stereocenters.